The third-order valence-corrected chi connectivity index (χ3v) is 5.98. The van der Waals surface area contributed by atoms with Crippen LogP contribution in [-0.2, 0) is 6.42 Å². The Balaban J connectivity index is 1.70. The Labute approximate surface area is 160 Å². The van der Waals surface area contributed by atoms with Crippen molar-refractivity contribution in [2.75, 3.05) is 13.7 Å². The van der Waals surface area contributed by atoms with E-state index >= 15 is 0 Å². The molecular weight excluding hydrogens is 360 g/mol. The minimum absolute atomic E-state index is 0.0503. The van der Waals surface area contributed by atoms with Crippen molar-refractivity contribution >= 4 is 32.6 Å². The molecule has 0 unspecified atom stereocenters. The Hall–Kier alpha value is -2.77. The van der Waals surface area contributed by atoms with E-state index in [-0.39, 0.29) is 6.10 Å². The van der Waals surface area contributed by atoms with E-state index in [1.54, 1.807) is 24.6 Å². The first-order valence-corrected chi connectivity index (χ1v) is 9.59. The molecule has 1 atom stereocenters. The van der Waals surface area contributed by atoms with Crippen LogP contribution in [0.3, 0.4) is 0 Å². The minimum atomic E-state index is 0.0503. The van der Waals surface area contributed by atoms with Crippen LogP contribution in [-0.4, -0.2) is 34.7 Å². The van der Waals surface area contributed by atoms with Gasteiger partial charge in [-0.25, -0.2) is 15.0 Å². The lowest BCUT2D eigenvalue weighted by molar-refractivity contribution is 0.241. The number of hydrogen-bond donors (Lipinski definition) is 1. The van der Waals surface area contributed by atoms with Crippen LogP contribution >= 0.6 is 11.3 Å². The molecule has 0 bridgehead atoms. The quantitative estimate of drug-likeness (QED) is 0.588. The molecule has 136 valence electrons. The van der Waals surface area contributed by atoms with Crippen LogP contribution in [0.4, 0.5) is 0 Å². The molecule has 2 aromatic carbocycles. The van der Waals surface area contributed by atoms with Gasteiger partial charge in [0.1, 0.15) is 16.9 Å². The lowest BCUT2D eigenvalue weighted by Crippen LogP contribution is -2.24. The van der Waals surface area contributed by atoms with E-state index in [1.807, 2.05) is 18.2 Å². The summed E-state index contributed by atoms with van der Waals surface area (Å²) in [4.78, 5) is 14.0. The summed E-state index contributed by atoms with van der Waals surface area (Å²) >= 11 is 1.67. The number of fused-ring (bicyclic) bond motifs is 4. The zero-order chi connectivity index (χ0) is 18.5. The summed E-state index contributed by atoms with van der Waals surface area (Å²) in [6.45, 7) is 2.57. The predicted molar refractivity (Wildman–Crippen MR) is 107 cm³/mol. The number of methoxy groups -OCH3 is 1. The van der Waals surface area contributed by atoms with Crippen LogP contribution in [0, 0.1) is 6.92 Å². The monoisotopic (exact) mass is 378 g/mol. The maximum atomic E-state index is 5.91. The zero-order valence-electron chi connectivity index (χ0n) is 15.0. The summed E-state index contributed by atoms with van der Waals surface area (Å²) in [7, 11) is 1.59. The largest absolute Gasteiger partial charge is 0.488 e. The number of nitrogens with two attached hydrogens (primary N) is 1. The molecule has 1 aliphatic heterocycles. The number of nitrogens with zero attached hydrogens (tertiary/aromatic N) is 3. The van der Waals surface area contributed by atoms with Gasteiger partial charge in [-0.2, -0.15) is 0 Å². The van der Waals surface area contributed by atoms with Gasteiger partial charge in [-0.15, -0.1) is 11.3 Å². The van der Waals surface area contributed by atoms with Gasteiger partial charge in [0.2, 0.25) is 5.88 Å². The van der Waals surface area contributed by atoms with E-state index in [2.05, 4.69) is 23.0 Å². The molecule has 0 aliphatic carbocycles. The first kappa shape index (κ1) is 16.4. The SMILES string of the molecule is COc1cnc2c(-c3nc4ccc5c(c4s3)C[C@@H](CN)O5)cc(C)cc2n1. The third kappa shape index (κ3) is 2.62. The second-order valence-corrected chi connectivity index (χ2v) is 7.68. The summed E-state index contributed by atoms with van der Waals surface area (Å²) in [6.07, 6.45) is 2.52. The molecule has 2 aromatic heterocycles. The average molecular weight is 378 g/mol. The van der Waals surface area contributed by atoms with Crippen LogP contribution in [0.25, 0.3) is 31.8 Å². The molecule has 5 rings (SSSR count). The molecule has 4 aromatic rings. The van der Waals surface area contributed by atoms with Gasteiger partial charge in [0.25, 0.3) is 0 Å². The fraction of sp³-hybridized carbons (Fsp3) is 0.250. The van der Waals surface area contributed by atoms with Crippen molar-refractivity contribution in [3.63, 3.8) is 0 Å². The van der Waals surface area contributed by atoms with Crippen molar-refractivity contribution in [1.29, 1.82) is 0 Å². The van der Waals surface area contributed by atoms with E-state index in [4.69, 9.17) is 20.2 Å². The van der Waals surface area contributed by atoms with Crippen LogP contribution in [0.1, 0.15) is 11.1 Å². The predicted octanol–water partition coefficient (Wildman–Crippen LogP) is 3.49. The van der Waals surface area contributed by atoms with Crippen LogP contribution in [0.5, 0.6) is 11.6 Å². The Kier molecular flexibility index (Phi) is 3.73. The molecule has 1 aliphatic rings. The standard InChI is InChI=1S/C20H18N4O2S/c1-10-5-13(18-15(6-10)23-17(25-2)9-22-18)20-24-14-3-4-16-12(19(14)27-20)7-11(8-21)26-16/h3-6,9,11H,7-8,21H2,1-2H3/t11-/m0/s1. The maximum absolute atomic E-state index is 5.91. The van der Waals surface area contributed by atoms with Crippen molar-refractivity contribution in [2.24, 2.45) is 5.73 Å². The maximum Gasteiger partial charge on any atom is 0.232 e. The second-order valence-electron chi connectivity index (χ2n) is 6.68. The van der Waals surface area contributed by atoms with Crippen LogP contribution in [0.2, 0.25) is 0 Å². The highest BCUT2D eigenvalue weighted by Gasteiger charge is 2.25. The molecule has 6 nitrogen and oxygen atoms in total. The van der Waals surface area contributed by atoms with E-state index in [9.17, 15) is 0 Å². The number of thiazole rings is 1. The van der Waals surface area contributed by atoms with E-state index in [0.29, 0.717) is 12.4 Å². The Morgan fingerprint density at radius 2 is 2.15 bits per heavy atom. The highest BCUT2D eigenvalue weighted by Crippen LogP contribution is 2.41. The van der Waals surface area contributed by atoms with Crippen molar-refractivity contribution in [1.82, 2.24) is 15.0 Å². The first-order valence-electron chi connectivity index (χ1n) is 8.77. The number of aromatic nitrogens is 3. The van der Waals surface area contributed by atoms with Gasteiger partial charge in [-0.1, -0.05) is 0 Å². The van der Waals surface area contributed by atoms with E-state index in [1.165, 1.54) is 5.56 Å². The molecule has 0 radical (unpaired) electrons. The van der Waals surface area contributed by atoms with Gasteiger partial charge in [-0.3, -0.25) is 0 Å². The topological polar surface area (TPSA) is 83.2 Å². The molecule has 0 saturated heterocycles. The van der Waals surface area contributed by atoms with Crippen molar-refractivity contribution < 1.29 is 9.47 Å². The van der Waals surface area contributed by atoms with Crippen molar-refractivity contribution in [2.45, 2.75) is 19.4 Å². The fourth-order valence-electron chi connectivity index (χ4n) is 3.54. The fourth-order valence-corrected chi connectivity index (χ4v) is 4.67. The Bertz CT molecular complexity index is 1190. The summed E-state index contributed by atoms with van der Waals surface area (Å²) in [5, 5.41) is 0.933. The summed E-state index contributed by atoms with van der Waals surface area (Å²) in [6, 6.07) is 8.13. The minimum Gasteiger partial charge on any atom is -0.488 e. The van der Waals surface area contributed by atoms with E-state index in [0.717, 1.165) is 49.6 Å². The second kappa shape index (κ2) is 6.14. The van der Waals surface area contributed by atoms with Crippen molar-refractivity contribution in [3.8, 4) is 22.2 Å². The molecular formula is C20H18N4O2S. The van der Waals surface area contributed by atoms with Crippen LogP contribution in [0.15, 0.2) is 30.5 Å². The molecule has 2 N–H and O–H groups in total. The Morgan fingerprint density at radius 3 is 2.96 bits per heavy atom. The normalized spacial score (nSPS) is 15.9. The smallest absolute Gasteiger partial charge is 0.232 e. The highest BCUT2D eigenvalue weighted by atomic mass is 32.1. The molecule has 7 heteroatoms. The average Bonchev–Trinajstić information content (AvgIpc) is 3.29. The summed E-state index contributed by atoms with van der Waals surface area (Å²) in [5.74, 6) is 1.43. The van der Waals surface area contributed by atoms with Gasteiger partial charge in [0.15, 0.2) is 0 Å². The molecule has 0 amide bonds. The van der Waals surface area contributed by atoms with E-state index < -0.39 is 0 Å². The molecule has 0 saturated carbocycles. The third-order valence-electron chi connectivity index (χ3n) is 4.81. The number of rotatable bonds is 3. The van der Waals surface area contributed by atoms with Gasteiger partial charge in [-0.05, 0) is 36.8 Å². The number of hydrogen-bond acceptors (Lipinski definition) is 7. The van der Waals surface area contributed by atoms with Crippen molar-refractivity contribution in [3.05, 3.63) is 41.6 Å². The lowest BCUT2D eigenvalue weighted by atomic mass is 10.1. The van der Waals surface area contributed by atoms with Crippen LogP contribution < -0.4 is 15.2 Å². The van der Waals surface area contributed by atoms with Gasteiger partial charge in [0.05, 0.1) is 34.6 Å². The molecule has 3 heterocycles. The first-order chi connectivity index (χ1) is 13.2. The molecule has 0 fully saturated rings. The summed E-state index contributed by atoms with van der Waals surface area (Å²) in [5.41, 5.74) is 11.7. The molecule has 0 spiro atoms. The van der Waals surface area contributed by atoms with Gasteiger partial charge >= 0.3 is 0 Å². The number of benzene rings is 2. The highest BCUT2D eigenvalue weighted by molar-refractivity contribution is 7.22. The Morgan fingerprint density at radius 1 is 1.26 bits per heavy atom. The zero-order valence-corrected chi connectivity index (χ0v) is 15.8. The molecule has 27 heavy (non-hydrogen) atoms. The summed E-state index contributed by atoms with van der Waals surface area (Å²) < 4.78 is 12.3. The number of aryl methyl sites for hydroxylation is 1. The van der Waals surface area contributed by atoms with Gasteiger partial charge in [0, 0.05) is 24.1 Å². The van der Waals surface area contributed by atoms with Gasteiger partial charge < -0.3 is 15.2 Å². The lowest BCUT2D eigenvalue weighted by Gasteiger charge is -2.06. The number of ether oxygens (including phenoxy) is 2.